The SMILES string of the molecule is CC(C)c1ccc(N2C(=O)/C(=C/c3ccc(N4CCOCC4)cc3)C(=O)NC2=S)cc1. The number of benzene rings is 2. The van der Waals surface area contributed by atoms with Crippen LogP contribution in [0.4, 0.5) is 11.4 Å². The lowest BCUT2D eigenvalue weighted by atomic mass is 10.0. The van der Waals surface area contributed by atoms with Crippen LogP contribution in [0.25, 0.3) is 6.08 Å². The second-order valence-electron chi connectivity index (χ2n) is 7.90. The Labute approximate surface area is 187 Å². The van der Waals surface area contributed by atoms with Crippen LogP contribution in [0.3, 0.4) is 0 Å². The first-order valence-electron chi connectivity index (χ1n) is 10.4. The molecule has 0 radical (unpaired) electrons. The molecule has 0 unspecified atom stereocenters. The van der Waals surface area contributed by atoms with Gasteiger partial charge in [-0.05, 0) is 59.6 Å². The Morgan fingerprint density at radius 3 is 2.19 bits per heavy atom. The van der Waals surface area contributed by atoms with Crippen molar-refractivity contribution in [3.63, 3.8) is 0 Å². The van der Waals surface area contributed by atoms with E-state index in [2.05, 4.69) is 24.1 Å². The number of hydrogen-bond acceptors (Lipinski definition) is 5. The van der Waals surface area contributed by atoms with E-state index in [0.29, 0.717) is 24.8 Å². The molecule has 2 saturated heterocycles. The minimum absolute atomic E-state index is 0.0562. The minimum Gasteiger partial charge on any atom is -0.378 e. The molecule has 4 rings (SSSR count). The summed E-state index contributed by atoms with van der Waals surface area (Å²) in [4.78, 5) is 29.3. The maximum absolute atomic E-state index is 13.2. The molecule has 0 aromatic heterocycles. The molecule has 1 N–H and O–H groups in total. The van der Waals surface area contributed by atoms with Gasteiger partial charge in [-0.1, -0.05) is 38.1 Å². The minimum atomic E-state index is -0.484. The Bertz CT molecular complexity index is 1020. The van der Waals surface area contributed by atoms with Crippen LogP contribution in [0.15, 0.2) is 54.1 Å². The first-order chi connectivity index (χ1) is 14.9. The maximum Gasteiger partial charge on any atom is 0.270 e. The standard InChI is InChI=1S/C24H25N3O3S/c1-16(2)18-5-9-20(10-6-18)27-23(29)21(22(28)25-24(27)31)15-17-3-7-19(8-4-17)26-11-13-30-14-12-26/h3-10,15-16H,11-14H2,1-2H3,(H,25,28,31)/b21-15+. The van der Waals surface area contributed by atoms with E-state index < -0.39 is 11.8 Å². The van der Waals surface area contributed by atoms with Gasteiger partial charge in [-0.25, -0.2) is 0 Å². The van der Waals surface area contributed by atoms with E-state index in [1.54, 1.807) is 6.08 Å². The fourth-order valence-corrected chi connectivity index (χ4v) is 3.95. The number of morpholine rings is 1. The van der Waals surface area contributed by atoms with E-state index >= 15 is 0 Å². The lowest BCUT2D eigenvalue weighted by molar-refractivity contribution is -0.122. The van der Waals surface area contributed by atoms with Crippen LogP contribution in [0.1, 0.15) is 30.9 Å². The highest BCUT2D eigenvalue weighted by Crippen LogP contribution is 2.25. The monoisotopic (exact) mass is 435 g/mol. The fourth-order valence-electron chi connectivity index (χ4n) is 3.67. The summed E-state index contributed by atoms with van der Waals surface area (Å²) in [6, 6.07) is 15.5. The van der Waals surface area contributed by atoms with Crippen LogP contribution in [0.2, 0.25) is 0 Å². The normalized spacial score (nSPS) is 18.7. The number of rotatable bonds is 4. The molecular weight excluding hydrogens is 410 g/mol. The molecule has 2 heterocycles. The van der Waals surface area contributed by atoms with Crippen LogP contribution in [0, 0.1) is 0 Å². The fraction of sp³-hybridized carbons (Fsp3) is 0.292. The van der Waals surface area contributed by atoms with Crippen molar-refractivity contribution in [3.8, 4) is 0 Å². The summed E-state index contributed by atoms with van der Waals surface area (Å²) < 4.78 is 5.39. The van der Waals surface area contributed by atoms with Crippen molar-refractivity contribution < 1.29 is 14.3 Å². The molecule has 31 heavy (non-hydrogen) atoms. The van der Waals surface area contributed by atoms with Gasteiger partial charge < -0.3 is 9.64 Å². The Morgan fingerprint density at radius 2 is 1.58 bits per heavy atom. The second-order valence-corrected chi connectivity index (χ2v) is 8.28. The summed E-state index contributed by atoms with van der Waals surface area (Å²) in [5, 5.41) is 2.73. The van der Waals surface area contributed by atoms with Gasteiger partial charge in [0.25, 0.3) is 11.8 Å². The first-order valence-corrected chi connectivity index (χ1v) is 10.8. The second kappa shape index (κ2) is 8.99. The van der Waals surface area contributed by atoms with E-state index in [1.165, 1.54) is 10.5 Å². The van der Waals surface area contributed by atoms with Crippen molar-refractivity contribution in [2.45, 2.75) is 19.8 Å². The molecule has 2 aliphatic rings. The van der Waals surface area contributed by atoms with E-state index in [1.807, 2.05) is 48.5 Å². The van der Waals surface area contributed by atoms with Gasteiger partial charge in [-0.15, -0.1) is 0 Å². The Morgan fingerprint density at radius 1 is 0.968 bits per heavy atom. The Kier molecular flexibility index (Phi) is 6.15. The van der Waals surface area contributed by atoms with Gasteiger partial charge >= 0.3 is 0 Å². The summed E-state index contributed by atoms with van der Waals surface area (Å²) >= 11 is 5.28. The highest BCUT2D eigenvalue weighted by Gasteiger charge is 2.34. The van der Waals surface area contributed by atoms with Gasteiger partial charge in [0.2, 0.25) is 0 Å². The third-order valence-electron chi connectivity index (χ3n) is 5.50. The molecule has 2 aromatic carbocycles. The Hall–Kier alpha value is -3.03. The smallest absolute Gasteiger partial charge is 0.270 e. The molecule has 2 aromatic rings. The number of anilines is 2. The third kappa shape index (κ3) is 4.52. The number of amides is 2. The number of carbonyl (C=O) groups is 2. The zero-order chi connectivity index (χ0) is 22.0. The van der Waals surface area contributed by atoms with E-state index in [-0.39, 0.29) is 10.7 Å². The topological polar surface area (TPSA) is 61.9 Å². The largest absolute Gasteiger partial charge is 0.378 e. The van der Waals surface area contributed by atoms with Crippen molar-refractivity contribution in [2.75, 3.05) is 36.1 Å². The van der Waals surface area contributed by atoms with Crippen LogP contribution in [-0.2, 0) is 14.3 Å². The molecule has 0 bridgehead atoms. The molecule has 7 heteroatoms. The van der Waals surface area contributed by atoms with Crippen LogP contribution in [0.5, 0.6) is 0 Å². The molecule has 2 amide bonds. The van der Waals surface area contributed by atoms with Gasteiger partial charge in [-0.2, -0.15) is 0 Å². The van der Waals surface area contributed by atoms with Crippen LogP contribution < -0.4 is 15.1 Å². The predicted octanol–water partition coefficient (Wildman–Crippen LogP) is 3.48. The lowest BCUT2D eigenvalue weighted by Crippen LogP contribution is -2.54. The first kappa shape index (κ1) is 21.2. The van der Waals surface area contributed by atoms with Crippen molar-refractivity contribution >= 4 is 46.6 Å². The van der Waals surface area contributed by atoms with E-state index in [9.17, 15) is 9.59 Å². The van der Waals surface area contributed by atoms with E-state index in [0.717, 1.165) is 24.3 Å². The molecule has 2 fully saturated rings. The molecular formula is C24H25N3O3S. The molecule has 160 valence electrons. The molecule has 0 aliphatic carbocycles. The molecule has 0 saturated carbocycles. The number of thiocarbonyl (C=S) groups is 1. The molecule has 0 atom stereocenters. The van der Waals surface area contributed by atoms with Gasteiger partial charge in [0, 0.05) is 18.8 Å². The number of ether oxygens (including phenoxy) is 1. The summed E-state index contributed by atoms with van der Waals surface area (Å²) in [7, 11) is 0. The van der Waals surface area contributed by atoms with Crippen LogP contribution in [-0.4, -0.2) is 43.2 Å². The molecule has 6 nitrogen and oxygen atoms in total. The number of carbonyl (C=O) groups excluding carboxylic acids is 2. The van der Waals surface area contributed by atoms with Gasteiger partial charge in [0.15, 0.2) is 5.11 Å². The van der Waals surface area contributed by atoms with Crippen molar-refractivity contribution in [2.24, 2.45) is 0 Å². The van der Waals surface area contributed by atoms with Crippen molar-refractivity contribution in [3.05, 3.63) is 65.2 Å². The third-order valence-corrected chi connectivity index (χ3v) is 5.78. The Balaban J connectivity index is 1.58. The summed E-state index contributed by atoms with van der Waals surface area (Å²) in [6.45, 7) is 7.35. The number of hydrogen-bond donors (Lipinski definition) is 1. The average molecular weight is 436 g/mol. The van der Waals surface area contributed by atoms with Gasteiger partial charge in [0.1, 0.15) is 5.57 Å². The number of nitrogens with one attached hydrogen (secondary N) is 1. The zero-order valence-electron chi connectivity index (χ0n) is 17.6. The summed E-state index contributed by atoms with van der Waals surface area (Å²) in [5.74, 6) is -0.528. The highest BCUT2D eigenvalue weighted by atomic mass is 32.1. The predicted molar refractivity (Wildman–Crippen MR) is 126 cm³/mol. The van der Waals surface area contributed by atoms with Gasteiger partial charge in [0.05, 0.1) is 18.9 Å². The lowest BCUT2D eigenvalue weighted by Gasteiger charge is -2.29. The molecule has 2 aliphatic heterocycles. The highest BCUT2D eigenvalue weighted by molar-refractivity contribution is 7.80. The van der Waals surface area contributed by atoms with Crippen LogP contribution >= 0.6 is 12.2 Å². The van der Waals surface area contributed by atoms with Gasteiger partial charge in [-0.3, -0.25) is 19.8 Å². The van der Waals surface area contributed by atoms with Crippen molar-refractivity contribution in [1.29, 1.82) is 0 Å². The van der Waals surface area contributed by atoms with Crippen molar-refractivity contribution in [1.82, 2.24) is 5.32 Å². The molecule has 0 spiro atoms. The summed E-state index contributed by atoms with van der Waals surface area (Å²) in [5.41, 5.74) is 3.73. The zero-order valence-corrected chi connectivity index (χ0v) is 18.4. The van der Waals surface area contributed by atoms with E-state index in [4.69, 9.17) is 17.0 Å². The maximum atomic E-state index is 13.2. The quantitative estimate of drug-likeness (QED) is 0.453. The average Bonchev–Trinajstić information content (AvgIpc) is 2.78. The summed E-state index contributed by atoms with van der Waals surface area (Å²) in [6.07, 6.45) is 1.61. The number of nitrogens with zero attached hydrogens (tertiary/aromatic N) is 2.